The summed E-state index contributed by atoms with van der Waals surface area (Å²) >= 11 is 5.49. The molecule has 6 nitrogen and oxygen atoms in total. The number of aryl methyl sites for hydroxylation is 1. The van der Waals surface area contributed by atoms with Crippen molar-refractivity contribution in [3.63, 3.8) is 0 Å². The number of aromatic nitrogens is 4. The molecule has 31 heavy (non-hydrogen) atoms. The molecule has 0 amide bonds. The largest absolute Gasteiger partial charge is 0.330 e. The van der Waals surface area contributed by atoms with Crippen molar-refractivity contribution in [2.75, 3.05) is 10.6 Å². The van der Waals surface area contributed by atoms with Gasteiger partial charge in [0.15, 0.2) is 5.11 Å². The van der Waals surface area contributed by atoms with Gasteiger partial charge in [0.05, 0.1) is 42.0 Å². The van der Waals surface area contributed by atoms with E-state index in [0.717, 1.165) is 28.3 Å². The minimum absolute atomic E-state index is 0.254. The summed E-state index contributed by atoms with van der Waals surface area (Å²) in [5, 5.41) is 15.8. The van der Waals surface area contributed by atoms with Crippen molar-refractivity contribution in [2.24, 2.45) is 0 Å². The van der Waals surface area contributed by atoms with Crippen molar-refractivity contribution >= 4 is 28.7 Å². The Morgan fingerprint density at radius 3 is 2.55 bits per heavy atom. The zero-order chi connectivity index (χ0) is 21.8. The normalized spacial score (nSPS) is 10.8. The Morgan fingerprint density at radius 1 is 1.00 bits per heavy atom. The first-order valence-corrected chi connectivity index (χ1v) is 10.3. The SMILES string of the molecule is Cc1nn(Cc2cccc(F)c2)c(C)c1NC(=S)Nc1cnn(Cc2ccccc2)c1. The van der Waals surface area contributed by atoms with E-state index in [-0.39, 0.29) is 5.82 Å². The Hall–Kier alpha value is -3.52. The van der Waals surface area contributed by atoms with Crippen molar-refractivity contribution in [1.82, 2.24) is 19.6 Å². The van der Waals surface area contributed by atoms with Gasteiger partial charge in [0.2, 0.25) is 0 Å². The van der Waals surface area contributed by atoms with Gasteiger partial charge < -0.3 is 10.6 Å². The van der Waals surface area contributed by atoms with Crippen molar-refractivity contribution < 1.29 is 4.39 Å². The minimum Gasteiger partial charge on any atom is -0.330 e. The van der Waals surface area contributed by atoms with Crippen LogP contribution in [0.15, 0.2) is 67.0 Å². The molecule has 2 aromatic carbocycles. The molecule has 0 saturated carbocycles. The second kappa shape index (κ2) is 9.09. The standard InChI is InChI=1S/C23H23FN6S/c1-16-22(17(2)30(28-16)14-19-9-6-10-20(24)11-19)27-23(31)26-21-12-25-29(15-21)13-18-7-4-3-5-8-18/h3-12,15H,13-14H2,1-2H3,(H2,26,27,31). The van der Waals surface area contributed by atoms with Crippen LogP contribution in [0.2, 0.25) is 0 Å². The summed E-state index contributed by atoms with van der Waals surface area (Å²) in [4.78, 5) is 0. The second-order valence-electron chi connectivity index (χ2n) is 7.32. The van der Waals surface area contributed by atoms with Crippen LogP contribution >= 0.6 is 12.2 Å². The number of hydrogen-bond donors (Lipinski definition) is 2. The van der Waals surface area contributed by atoms with Crippen LogP contribution in [0.4, 0.5) is 15.8 Å². The molecule has 158 valence electrons. The zero-order valence-electron chi connectivity index (χ0n) is 17.3. The highest BCUT2D eigenvalue weighted by Gasteiger charge is 2.14. The number of nitrogens with one attached hydrogen (secondary N) is 2. The van der Waals surface area contributed by atoms with Crippen LogP contribution in [0.25, 0.3) is 0 Å². The number of rotatable bonds is 6. The van der Waals surface area contributed by atoms with Gasteiger partial charge in [0.25, 0.3) is 0 Å². The predicted molar refractivity (Wildman–Crippen MR) is 125 cm³/mol. The van der Waals surface area contributed by atoms with Gasteiger partial charge in [-0.15, -0.1) is 0 Å². The molecule has 2 heterocycles. The van der Waals surface area contributed by atoms with Crippen molar-refractivity contribution in [3.05, 3.63) is 95.3 Å². The molecular weight excluding hydrogens is 411 g/mol. The quantitative estimate of drug-likeness (QED) is 0.429. The number of halogens is 1. The molecule has 0 aliphatic rings. The average molecular weight is 435 g/mol. The molecule has 0 atom stereocenters. The number of hydrogen-bond acceptors (Lipinski definition) is 3. The van der Waals surface area contributed by atoms with Crippen LogP contribution in [0.1, 0.15) is 22.5 Å². The van der Waals surface area contributed by atoms with Gasteiger partial charge in [-0.1, -0.05) is 42.5 Å². The lowest BCUT2D eigenvalue weighted by Gasteiger charge is -2.10. The van der Waals surface area contributed by atoms with Crippen LogP contribution in [0.5, 0.6) is 0 Å². The molecule has 0 aliphatic carbocycles. The summed E-state index contributed by atoms with van der Waals surface area (Å²) in [5.74, 6) is -0.254. The van der Waals surface area contributed by atoms with E-state index >= 15 is 0 Å². The Balaban J connectivity index is 1.40. The summed E-state index contributed by atoms with van der Waals surface area (Å²) in [6.07, 6.45) is 3.65. The molecule has 0 aliphatic heterocycles. The summed E-state index contributed by atoms with van der Waals surface area (Å²) in [6.45, 7) is 5.05. The van der Waals surface area contributed by atoms with Gasteiger partial charge in [-0.25, -0.2) is 4.39 Å². The molecule has 0 unspecified atom stereocenters. The van der Waals surface area contributed by atoms with E-state index in [1.807, 2.05) is 53.7 Å². The first-order valence-electron chi connectivity index (χ1n) is 9.91. The topological polar surface area (TPSA) is 59.7 Å². The fraction of sp³-hybridized carbons (Fsp3) is 0.174. The molecule has 0 bridgehead atoms. The lowest BCUT2D eigenvalue weighted by Crippen LogP contribution is -2.19. The number of benzene rings is 2. The van der Waals surface area contributed by atoms with Crippen molar-refractivity contribution in [3.8, 4) is 0 Å². The smallest absolute Gasteiger partial charge is 0.175 e. The molecule has 0 fully saturated rings. The monoisotopic (exact) mass is 434 g/mol. The molecule has 0 spiro atoms. The van der Waals surface area contributed by atoms with Gasteiger partial charge in [-0.2, -0.15) is 10.2 Å². The highest BCUT2D eigenvalue weighted by atomic mass is 32.1. The third-order valence-corrected chi connectivity index (χ3v) is 5.12. The summed E-state index contributed by atoms with van der Waals surface area (Å²) < 4.78 is 17.2. The molecule has 4 rings (SSSR count). The van der Waals surface area contributed by atoms with E-state index in [4.69, 9.17) is 12.2 Å². The van der Waals surface area contributed by atoms with Crippen LogP contribution in [0.3, 0.4) is 0 Å². The second-order valence-corrected chi connectivity index (χ2v) is 7.73. The summed E-state index contributed by atoms with van der Waals surface area (Å²) in [5.41, 5.74) is 5.41. The Bertz CT molecular complexity index is 1200. The van der Waals surface area contributed by atoms with Crippen LogP contribution in [-0.4, -0.2) is 24.7 Å². The van der Waals surface area contributed by atoms with Crippen molar-refractivity contribution in [2.45, 2.75) is 26.9 Å². The molecule has 2 aromatic heterocycles. The zero-order valence-corrected chi connectivity index (χ0v) is 18.2. The highest BCUT2D eigenvalue weighted by molar-refractivity contribution is 7.80. The van der Waals surface area contributed by atoms with E-state index in [1.54, 1.807) is 12.3 Å². The molecule has 2 N–H and O–H groups in total. The first-order chi connectivity index (χ1) is 15.0. The lowest BCUT2D eigenvalue weighted by molar-refractivity contribution is 0.616. The third kappa shape index (κ3) is 5.16. The number of anilines is 2. The minimum atomic E-state index is -0.254. The Kier molecular flexibility index (Phi) is 6.08. The number of thiocarbonyl (C=S) groups is 1. The van der Waals surface area contributed by atoms with Crippen LogP contribution in [0, 0.1) is 19.7 Å². The Morgan fingerprint density at radius 2 is 1.77 bits per heavy atom. The molecule has 0 saturated heterocycles. The van der Waals surface area contributed by atoms with E-state index in [0.29, 0.717) is 18.2 Å². The average Bonchev–Trinajstić information content (AvgIpc) is 3.28. The highest BCUT2D eigenvalue weighted by Crippen LogP contribution is 2.21. The maximum Gasteiger partial charge on any atom is 0.175 e. The van der Waals surface area contributed by atoms with Crippen LogP contribution < -0.4 is 10.6 Å². The fourth-order valence-electron chi connectivity index (χ4n) is 3.40. The maximum absolute atomic E-state index is 13.5. The van der Waals surface area contributed by atoms with E-state index in [1.165, 1.54) is 17.7 Å². The molecule has 4 aromatic rings. The van der Waals surface area contributed by atoms with Crippen molar-refractivity contribution in [1.29, 1.82) is 0 Å². The van der Waals surface area contributed by atoms with Gasteiger partial charge in [-0.3, -0.25) is 9.36 Å². The number of nitrogens with zero attached hydrogens (tertiary/aromatic N) is 4. The lowest BCUT2D eigenvalue weighted by atomic mass is 10.2. The van der Waals surface area contributed by atoms with Gasteiger partial charge >= 0.3 is 0 Å². The third-order valence-electron chi connectivity index (χ3n) is 4.92. The summed E-state index contributed by atoms with van der Waals surface area (Å²) in [7, 11) is 0. The molecular formula is C23H23FN6S. The molecule has 8 heteroatoms. The van der Waals surface area contributed by atoms with Crippen LogP contribution in [-0.2, 0) is 13.1 Å². The van der Waals surface area contributed by atoms with Gasteiger partial charge in [0.1, 0.15) is 5.82 Å². The first kappa shape index (κ1) is 20.7. The van der Waals surface area contributed by atoms with Gasteiger partial charge in [0, 0.05) is 6.20 Å². The summed E-state index contributed by atoms with van der Waals surface area (Å²) in [6, 6.07) is 16.7. The molecule has 0 radical (unpaired) electrons. The fourth-order valence-corrected chi connectivity index (χ4v) is 3.62. The van der Waals surface area contributed by atoms with E-state index in [9.17, 15) is 4.39 Å². The van der Waals surface area contributed by atoms with E-state index in [2.05, 4.69) is 33.0 Å². The maximum atomic E-state index is 13.5. The predicted octanol–water partition coefficient (Wildman–Crippen LogP) is 4.74. The van der Waals surface area contributed by atoms with Gasteiger partial charge in [-0.05, 0) is 49.3 Å². The Labute approximate surface area is 185 Å². The van der Waals surface area contributed by atoms with E-state index < -0.39 is 0 Å².